The minimum Gasteiger partial charge on any atom is -0.295 e. The summed E-state index contributed by atoms with van der Waals surface area (Å²) in [7, 11) is 0. The molecule has 17 heavy (non-hydrogen) atoms. The van der Waals surface area contributed by atoms with Gasteiger partial charge in [0.1, 0.15) is 0 Å². The molecule has 0 saturated heterocycles. The Morgan fingerprint density at radius 1 is 1.47 bits per heavy atom. The first-order valence-electron chi connectivity index (χ1n) is 5.52. The quantitative estimate of drug-likeness (QED) is 0.823. The Kier molecular flexibility index (Phi) is 4.50. The van der Waals surface area contributed by atoms with Gasteiger partial charge in [0.15, 0.2) is 5.78 Å². The van der Waals surface area contributed by atoms with Gasteiger partial charge in [-0.1, -0.05) is 0 Å². The smallest absolute Gasteiger partial charge is 0.157 e. The number of ketones is 1. The number of hydrogen-bond donors (Lipinski definition) is 0. The first kappa shape index (κ1) is 12.5. The second-order valence-corrected chi connectivity index (χ2v) is 5.65. The predicted octanol–water partition coefficient (Wildman–Crippen LogP) is 3.43. The van der Waals surface area contributed by atoms with Crippen LogP contribution < -0.4 is 0 Å². The van der Waals surface area contributed by atoms with E-state index in [9.17, 15) is 4.79 Å². The maximum absolute atomic E-state index is 11.3. The van der Waals surface area contributed by atoms with Gasteiger partial charge in [-0.05, 0) is 19.8 Å². The monoisotopic (exact) mass is 266 g/mol. The molecule has 0 radical (unpaired) electrons. The molecule has 0 aromatic carbocycles. The highest BCUT2D eigenvalue weighted by Crippen LogP contribution is 2.20. The zero-order valence-electron chi connectivity index (χ0n) is 9.68. The summed E-state index contributed by atoms with van der Waals surface area (Å²) in [6.45, 7) is 1.88. The molecule has 0 bridgehead atoms. The zero-order valence-corrected chi connectivity index (χ0v) is 11.3. The average molecular weight is 266 g/mol. The van der Waals surface area contributed by atoms with Crippen LogP contribution in [0.15, 0.2) is 27.7 Å². The Hall–Kier alpha value is -0.940. The number of aliphatic imine (C=N–C) groups is 1. The van der Waals surface area contributed by atoms with E-state index in [1.807, 2.05) is 12.4 Å². The highest BCUT2D eigenvalue weighted by Gasteiger charge is 2.08. The van der Waals surface area contributed by atoms with E-state index >= 15 is 0 Å². The van der Waals surface area contributed by atoms with Crippen LogP contribution in [0.2, 0.25) is 0 Å². The molecule has 0 amide bonds. The molecule has 2 rings (SSSR count). The van der Waals surface area contributed by atoms with Crippen molar-refractivity contribution < 1.29 is 4.79 Å². The summed E-state index contributed by atoms with van der Waals surface area (Å²) in [5, 5.41) is 3.17. The lowest BCUT2D eigenvalue weighted by molar-refractivity contribution is -0.114. The van der Waals surface area contributed by atoms with Gasteiger partial charge in [-0.2, -0.15) is 0 Å². The van der Waals surface area contributed by atoms with Crippen LogP contribution >= 0.6 is 23.1 Å². The minimum atomic E-state index is 0.190. The van der Waals surface area contributed by atoms with Crippen LogP contribution in [0.25, 0.3) is 0 Å². The van der Waals surface area contributed by atoms with Gasteiger partial charge in [0.05, 0.1) is 16.2 Å². The molecule has 0 unspecified atom stereocenters. The van der Waals surface area contributed by atoms with Gasteiger partial charge >= 0.3 is 0 Å². The first-order chi connectivity index (χ1) is 8.24. The molecule has 0 saturated carbocycles. The number of carbonyl (C=O) groups excluding carboxylic acids is 1. The minimum absolute atomic E-state index is 0.190. The Morgan fingerprint density at radius 3 is 3.12 bits per heavy atom. The summed E-state index contributed by atoms with van der Waals surface area (Å²) < 4.78 is 0. The zero-order chi connectivity index (χ0) is 12.1. The molecular formula is C12H14N2OS2. The molecule has 1 aliphatic heterocycles. The number of thiazole rings is 1. The largest absolute Gasteiger partial charge is 0.295 e. The summed E-state index contributed by atoms with van der Waals surface area (Å²) >= 11 is 3.34. The molecule has 0 N–H and O–H groups in total. The van der Waals surface area contributed by atoms with Crippen molar-refractivity contribution >= 4 is 33.9 Å². The van der Waals surface area contributed by atoms with Gasteiger partial charge < -0.3 is 0 Å². The first-order valence-corrected chi connectivity index (χ1v) is 7.45. The van der Waals surface area contributed by atoms with Gasteiger partial charge in [0.2, 0.25) is 0 Å². The molecule has 1 aromatic heterocycles. The third-order valence-electron chi connectivity index (χ3n) is 2.35. The normalized spacial score (nSPS) is 20.2. The molecule has 0 aliphatic carbocycles. The Morgan fingerprint density at radius 2 is 2.35 bits per heavy atom. The molecule has 90 valence electrons. The van der Waals surface area contributed by atoms with Crippen LogP contribution in [0.1, 0.15) is 31.9 Å². The lowest BCUT2D eigenvalue weighted by Gasteiger charge is -2.08. The second kappa shape index (κ2) is 6.12. The highest BCUT2D eigenvalue weighted by atomic mass is 32.2. The average Bonchev–Trinajstić information content (AvgIpc) is 2.75. The number of aromatic nitrogens is 1. The van der Waals surface area contributed by atoms with E-state index in [1.54, 1.807) is 29.2 Å². The number of nitrogens with zero attached hydrogens (tertiary/aromatic N) is 2. The van der Waals surface area contributed by atoms with E-state index in [4.69, 9.17) is 0 Å². The fraction of sp³-hybridized carbons (Fsp3) is 0.417. The van der Waals surface area contributed by atoms with E-state index in [0.717, 1.165) is 35.0 Å². The van der Waals surface area contributed by atoms with Gasteiger partial charge in [-0.25, -0.2) is 4.98 Å². The summed E-state index contributed by atoms with van der Waals surface area (Å²) in [5.41, 5.74) is 3.76. The third kappa shape index (κ3) is 4.09. The summed E-state index contributed by atoms with van der Waals surface area (Å²) in [6.07, 6.45) is 4.06. The van der Waals surface area contributed by atoms with Crippen LogP contribution in [-0.2, 0) is 10.5 Å². The molecule has 0 fully saturated rings. The molecule has 0 spiro atoms. The molecule has 1 aliphatic rings. The maximum Gasteiger partial charge on any atom is 0.157 e. The predicted molar refractivity (Wildman–Crippen MR) is 73.5 cm³/mol. The van der Waals surface area contributed by atoms with Gasteiger partial charge in [-0.15, -0.1) is 23.1 Å². The van der Waals surface area contributed by atoms with Gasteiger partial charge in [0.25, 0.3) is 0 Å². The third-order valence-corrected chi connectivity index (χ3v) is 4.06. The Labute approximate surface area is 109 Å². The van der Waals surface area contributed by atoms with Gasteiger partial charge in [0, 0.05) is 29.3 Å². The second-order valence-electron chi connectivity index (χ2n) is 3.88. The van der Waals surface area contributed by atoms with Crippen molar-refractivity contribution in [2.75, 3.05) is 0 Å². The molecular weight excluding hydrogens is 252 g/mol. The topological polar surface area (TPSA) is 42.3 Å². The molecule has 5 heteroatoms. The van der Waals surface area contributed by atoms with E-state index in [2.05, 4.69) is 15.4 Å². The number of rotatable bonds is 2. The molecule has 2 heterocycles. The number of hydrogen-bond acceptors (Lipinski definition) is 5. The van der Waals surface area contributed by atoms with Crippen molar-refractivity contribution in [2.45, 2.75) is 31.9 Å². The van der Waals surface area contributed by atoms with E-state index in [1.165, 1.54) is 0 Å². The van der Waals surface area contributed by atoms with Gasteiger partial charge in [-0.3, -0.25) is 9.79 Å². The lowest BCUT2D eigenvalue weighted by atomic mass is 10.1. The molecule has 1 aromatic rings. The van der Waals surface area contributed by atoms with Crippen LogP contribution in [-0.4, -0.2) is 15.8 Å². The summed E-state index contributed by atoms with van der Waals surface area (Å²) in [6, 6.07) is 0. The van der Waals surface area contributed by atoms with Crippen molar-refractivity contribution in [3.8, 4) is 0 Å². The van der Waals surface area contributed by atoms with Crippen molar-refractivity contribution in [1.29, 1.82) is 0 Å². The van der Waals surface area contributed by atoms with E-state index in [0.29, 0.717) is 6.42 Å². The fourth-order valence-electron chi connectivity index (χ4n) is 1.57. The van der Waals surface area contributed by atoms with Crippen molar-refractivity contribution in [3.63, 3.8) is 0 Å². The van der Waals surface area contributed by atoms with E-state index in [-0.39, 0.29) is 5.78 Å². The van der Waals surface area contributed by atoms with Crippen LogP contribution in [0.5, 0.6) is 0 Å². The van der Waals surface area contributed by atoms with Crippen LogP contribution in [0.3, 0.4) is 0 Å². The molecule has 0 atom stereocenters. The number of thioether (sulfide) groups is 1. The van der Waals surface area contributed by atoms with E-state index < -0.39 is 0 Å². The van der Waals surface area contributed by atoms with Crippen molar-refractivity contribution in [1.82, 2.24) is 4.98 Å². The highest BCUT2D eigenvalue weighted by molar-refractivity contribution is 8.13. The summed E-state index contributed by atoms with van der Waals surface area (Å²) in [4.78, 5) is 20.1. The Balaban J connectivity index is 1.99. The Bertz CT molecular complexity index is 449. The fourth-order valence-corrected chi connectivity index (χ4v) is 3.21. The standard InChI is InChI=1S/C12H14N2OS2/c1-9-5-11(15)3-2-4-12(14-9)17-7-10-6-16-8-13-10/h5-6,8H,2-4,7H2,1H3/b9-5-,14-12?. The number of carbonyl (C=O) groups is 1. The van der Waals surface area contributed by atoms with Crippen molar-refractivity contribution in [3.05, 3.63) is 28.4 Å². The lowest BCUT2D eigenvalue weighted by Crippen LogP contribution is -2.02. The SMILES string of the molecule is C/C1=C/C(=O)CCCC(SCc2cscn2)=N1. The van der Waals surface area contributed by atoms with Crippen LogP contribution in [0.4, 0.5) is 0 Å². The van der Waals surface area contributed by atoms with Crippen LogP contribution in [0, 0.1) is 0 Å². The maximum atomic E-state index is 11.3. The number of allylic oxidation sites excluding steroid dienone is 2. The molecule has 3 nitrogen and oxygen atoms in total. The van der Waals surface area contributed by atoms with Crippen molar-refractivity contribution in [2.24, 2.45) is 4.99 Å². The summed E-state index contributed by atoms with van der Waals surface area (Å²) in [5.74, 6) is 1.05.